The van der Waals surface area contributed by atoms with Gasteiger partial charge in [-0.1, -0.05) is 6.58 Å². The molecule has 2 N–H and O–H groups in total. The normalized spacial score (nSPS) is 23.3. The van der Waals surface area contributed by atoms with Crippen molar-refractivity contribution in [1.29, 1.82) is 0 Å². The van der Waals surface area contributed by atoms with Crippen LogP contribution in [0.4, 0.5) is 5.82 Å². The van der Waals surface area contributed by atoms with Crippen molar-refractivity contribution in [2.45, 2.75) is 12.5 Å². The van der Waals surface area contributed by atoms with Gasteiger partial charge in [0.1, 0.15) is 6.04 Å². The summed E-state index contributed by atoms with van der Waals surface area (Å²) < 4.78 is 0. The highest BCUT2D eigenvalue weighted by Crippen LogP contribution is 2.23. The van der Waals surface area contributed by atoms with Gasteiger partial charge in [0.25, 0.3) is 0 Å². The third-order valence-corrected chi connectivity index (χ3v) is 3.26. The molecule has 2 aliphatic heterocycles. The van der Waals surface area contributed by atoms with Crippen LogP contribution in [0, 0.1) is 0 Å². The van der Waals surface area contributed by atoms with Crippen molar-refractivity contribution in [1.82, 2.24) is 20.6 Å². The Morgan fingerprint density at radius 2 is 2.32 bits per heavy atom. The fraction of sp³-hybridized carbons (Fsp3) is 0.308. The van der Waals surface area contributed by atoms with Crippen molar-refractivity contribution in [3.8, 4) is 0 Å². The van der Waals surface area contributed by atoms with Gasteiger partial charge in [-0.2, -0.15) is 0 Å². The quantitative estimate of drug-likeness (QED) is 0.790. The minimum atomic E-state index is -0.271. The van der Waals surface area contributed by atoms with Gasteiger partial charge in [0.15, 0.2) is 5.82 Å². The van der Waals surface area contributed by atoms with Crippen LogP contribution in [0.5, 0.6) is 0 Å². The summed E-state index contributed by atoms with van der Waals surface area (Å²) in [7, 11) is 0. The third-order valence-electron chi connectivity index (χ3n) is 3.26. The van der Waals surface area contributed by atoms with Crippen LogP contribution in [0.1, 0.15) is 6.42 Å². The van der Waals surface area contributed by atoms with Crippen molar-refractivity contribution < 1.29 is 4.79 Å². The zero-order valence-corrected chi connectivity index (χ0v) is 10.5. The standard InChI is InChI=1S/C13H15N5O/c1-9-6-16-12(13(19)17-9)10-2-5-18(8-10)11-7-14-3-4-15-11/h3-4,7-8,12,16H,1-2,5-6H2,(H,17,19). The molecule has 19 heavy (non-hydrogen) atoms. The molecule has 2 aliphatic rings. The van der Waals surface area contributed by atoms with Gasteiger partial charge < -0.3 is 10.2 Å². The van der Waals surface area contributed by atoms with Crippen LogP contribution in [0.25, 0.3) is 0 Å². The zero-order valence-electron chi connectivity index (χ0n) is 10.5. The molecule has 0 bridgehead atoms. The molecule has 3 heterocycles. The van der Waals surface area contributed by atoms with E-state index in [0.717, 1.165) is 24.4 Å². The second-order valence-corrected chi connectivity index (χ2v) is 4.62. The Morgan fingerprint density at radius 1 is 1.42 bits per heavy atom. The molecule has 0 radical (unpaired) electrons. The number of rotatable bonds is 2. The van der Waals surface area contributed by atoms with Gasteiger partial charge in [0, 0.05) is 37.4 Å². The Kier molecular flexibility index (Phi) is 3.00. The minimum Gasteiger partial charge on any atom is -0.331 e. The number of amides is 1. The summed E-state index contributed by atoms with van der Waals surface area (Å²) >= 11 is 0. The average Bonchev–Trinajstić information content (AvgIpc) is 2.89. The number of hydrogen-bond donors (Lipinski definition) is 2. The monoisotopic (exact) mass is 257 g/mol. The van der Waals surface area contributed by atoms with E-state index in [-0.39, 0.29) is 11.9 Å². The molecular formula is C13H15N5O. The minimum absolute atomic E-state index is 0.0384. The van der Waals surface area contributed by atoms with Crippen LogP contribution in [0.15, 0.2) is 42.6 Å². The molecule has 0 aromatic carbocycles. The van der Waals surface area contributed by atoms with E-state index in [1.807, 2.05) is 11.1 Å². The van der Waals surface area contributed by atoms with Gasteiger partial charge >= 0.3 is 0 Å². The van der Waals surface area contributed by atoms with Gasteiger partial charge in [0.2, 0.25) is 5.91 Å². The first-order chi connectivity index (χ1) is 9.24. The van der Waals surface area contributed by atoms with E-state index in [4.69, 9.17) is 0 Å². The number of piperazine rings is 1. The van der Waals surface area contributed by atoms with Crippen molar-refractivity contribution >= 4 is 11.7 Å². The lowest BCUT2D eigenvalue weighted by Gasteiger charge is -2.25. The number of anilines is 1. The van der Waals surface area contributed by atoms with Gasteiger partial charge in [-0.3, -0.25) is 15.1 Å². The summed E-state index contributed by atoms with van der Waals surface area (Å²) in [5.74, 6) is 0.765. The summed E-state index contributed by atoms with van der Waals surface area (Å²) in [5, 5.41) is 5.97. The highest BCUT2D eigenvalue weighted by atomic mass is 16.2. The topological polar surface area (TPSA) is 70.1 Å². The van der Waals surface area contributed by atoms with Crippen LogP contribution in [-0.4, -0.2) is 35.0 Å². The summed E-state index contributed by atoms with van der Waals surface area (Å²) in [6.45, 7) is 5.18. The second kappa shape index (κ2) is 4.81. The Labute approximate surface area is 111 Å². The van der Waals surface area contributed by atoms with Crippen molar-refractivity contribution in [2.24, 2.45) is 0 Å². The first-order valence-electron chi connectivity index (χ1n) is 6.19. The molecule has 98 valence electrons. The Bertz CT molecular complexity index is 539. The molecule has 1 atom stereocenters. The van der Waals surface area contributed by atoms with Gasteiger partial charge in [-0.05, 0) is 12.0 Å². The van der Waals surface area contributed by atoms with E-state index >= 15 is 0 Å². The van der Waals surface area contributed by atoms with E-state index < -0.39 is 0 Å². The van der Waals surface area contributed by atoms with E-state index in [1.54, 1.807) is 18.6 Å². The Morgan fingerprint density at radius 3 is 3.05 bits per heavy atom. The predicted octanol–water partition coefficient (Wildman–Crippen LogP) is 0.172. The van der Waals surface area contributed by atoms with Gasteiger partial charge in [-0.15, -0.1) is 0 Å². The lowest BCUT2D eigenvalue weighted by Crippen LogP contribution is -2.52. The molecule has 3 rings (SSSR count). The molecule has 1 amide bonds. The smallest absolute Gasteiger partial charge is 0.245 e. The number of carbonyl (C=O) groups is 1. The largest absolute Gasteiger partial charge is 0.331 e. The molecule has 1 aromatic heterocycles. The maximum Gasteiger partial charge on any atom is 0.245 e. The average molecular weight is 257 g/mol. The number of nitrogens with one attached hydrogen (secondary N) is 2. The number of nitrogens with zero attached hydrogens (tertiary/aromatic N) is 3. The Hall–Kier alpha value is -2.21. The van der Waals surface area contributed by atoms with E-state index in [9.17, 15) is 4.79 Å². The molecule has 0 aliphatic carbocycles. The van der Waals surface area contributed by atoms with Crippen LogP contribution in [0.2, 0.25) is 0 Å². The summed E-state index contributed by atoms with van der Waals surface area (Å²) in [4.78, 5) is 22.2. The van der Waals surface area contributed by atoms with E-state index in [0.29, 0.717) is 12.2 Å². The third kappa shape index (κ3) is 2.34. The second-order valence-electron chi connectivity index (χ2n) is 4.62. The van der Waals surface area contributed by atoms with E-state index in [2.05, 4.69) is 27.2 Å². The maximum atomic E-state index is 11.9. The summed E-state index contributed by atoms with van der Waals surface area (Å²) in [6, 6.07) is -0.271. The van der Waals surface area contributed by atoms with Crippen LogP contribution in [-0.2, 0) is 4.79 Å². The lowest BCUT2D eigenvalue weighted by atomic mass is 10.0. The molecule has 1 aromatic rings. The van der Waals surface area contributed by atoms with Crippen LogP contribution in [0.3, 0.4) is 0 Å². The maximum absolute atomic E-state index is 11.9. The molecule has 1 fully saturated rings. The number of carbonyl (C=O) groups excluding carboxylic acids is 1. The zero-order chi connectivity index (χ0) is 13.2. The SMILES string of the molecule is C=C1CNC(C2=CN(c3cnccn3)CC2)C(=O)N1. The fourth-order valence-corrected chi connectivity index (χ4v) is 2.33. The van der Waals surface area contributed by atoms with Crippen LogP contribution < -0.4 is 15.5 Å². The summed E-state index contributed by atoms with van der Waals surface area (Å²) in [6.07, 6.45) is 7.85. The van der Waals surface area contributed by atoms with Crippen molar-refractivity contribution in [3.05, 3.63) is 42.6 Å². The van der Waals surface area contributed by atoms with Gasteiger partial charge in [0.05, 0.1) is 6.20 Å². The first-order valence-corrected chi connectivity index (χ1v) is 6.19. The lowest BCUT2D eigenvalue weighted by molar-refractivity contribution is -0.122. The number of aromatic nitrogens is 2. The molecule has 6 heteroatoms. The fourth-order valence-electron chi connectivity index (χ4n) is 2.33. The number of hydrogen-bond acceptors (Lipinski definition) is 5. The highest BCUT2D eigenvalue weighted by Gasteiger charge is 2.30. The van der Waals surface area contributed by atoms with E-state index in [1.165, 1.54) is 0 Å². The molecule has 1 saturated heterocycles. The highest BCUT2D eigenvalue weighted by molar-refractivity contribution is 5.87. The van der Waals surface area contributed by atoms with Crippen molar-refractivity contribution in [3.63, 3.8) is 0 Å². The molecule has 1 unspecified atom stereocenters. The molecule has 6 nitrogen and oxygen atoms in total. The Balaban J connectivity index is 1.76. The molecule has 0 spiro atoms. The molecule has 0 saturated carbocycles. The van der Waals surface area contributed by atoms with Gasteiger partial charge in [-0.25, -0.2) is 4.98 Å². The summed E-state index contributed by atoms with van der Waals surface area (Å²) in [5.41, 5.74) is 1.78. The van der Waals surface area contributed by atoms with Crippen LogP contribution >= 0.6 is 0 Å². The van der Waals surface area contributed by atoms with Crippen molar-refractivity contribution in [2.75, 3.05) is 18.0 Å². The predicted molar refractivity (Wildman–Crippen MR) is 71.2 cm³/mol. The molecular weight excluding hydrogens is 242 g/mol. The first kappa shape index (κ1) is 11.9.